The van der Waals surface area contributed by atoms with Crippen LogP contribution in [0.15, 0.2) is 29.2 Å². The highest BCUT2D eigenvalue weighted by molar-refractivity contribution is 8.15. The summed E-state index contributed by atoms with van der Waals surface area (Å²) >= 11 is 2.51. The van der Waals surface area contributed by atoms with E-state index in [0.717, 1.165) is 11.8 Å². The molecule has 0 radical (unpaired) electrons. The van der Waals surface area contributed by atoms with E-state index in [0.29, 0.717) is 16.8 Å². The summed E-state index contributed by atoms with van der Waals surface area (Å²) in [6, 6.07) is 0. The molecule has 0 aromatic carbocycles. The average Bonchev–Trinajstić information content (AvgIpc) is 2.94. The van der Waals surface area contributed by atoms with Crippen molar-refractivity contribution in [2.75, 3.05) is 6.54 Å². The van der Waals surface area contributed by atoms with E-state index < -0.39 is 11.2 Å². The third-order valence-electron chi connectivity index (χ3n) is 2.30. The van der Waals surface area contributed by atoms with E-state index in [9.17, 15) is 9.59 Å². The molecule has 8 heteroatoms. The van der Waals surface area contributed by atoms with E-state index in [1.54, 1.807) is 17.7 Å². The Hall–Kier alpha value is -1.67. The van der Waals surface area contributed by atoms with Crippen LogP contribution in [0.25, 0.3) is 0 Å². The summed E-state index contributed by atoms with van der Waals surface area (Å²) in [6.45, 7) is 3.90. The Balaban J connectivity index is 2.23. The van der Waals surface area contributed by atoms with Crippen LogP contribution in [0, 0.1) is 0 Å². The normalized spacial score (nSPS) is 21.1. The van der Waals surface area contributed by atoms with Crippen molar-refractivity contribution >= 4 is 45.3 Å². The number of hydrogen-bond acceptors (Lipinski definition) is 6. The highest BCUT2D eigenvalue weighted by Gasteiger charge is 2.38. The Morgan fingerprint density at radius 2 is 2.47 bits per heavy atom. The van der Waals surface area contributed by atoms with Crippen LogP contribution < -0.4 is 0 Å². The molecule has 1 fully saturated rings. The smallest absolute Gasteiger partial charge is 0.305 e. The molecule has 1 aromatic heterocycles. The number of thioether (sulfide) groups is 1. The first-order valence-electron chi connectivity index (χ1n) is 5.40. The van der Waals surface area contributed by atoms with Crippen molar-refractivity contribution < 1.29 is 14.7 Å². The van der Waals surface area contributed by atoms with Gasteiger partial charge in [-0.05, 0) is 0 Å². The minimum atomic E-state index is -1.00. The fourth-order valence-corrected chi connectivity index (χ4v) is 3.24. The van der Waals surface area contributed by atoms with Crippen molar-refractivity contribution in [3.05, 3.63) is 24.2 Å². The fraction of sp³-hybridized carbons (Fsp3) is 0.273. The fourth-order valence-electron chi connectivity index (χ4n) is 1.53. The van der Waals surface area contributed by atoms with Gasteiger partial charge in [0.1, 0.15) is 5.25 Å². The van der Waals surface area contributed by atoms with E-state index in [2.05, 4.69) is 16.6 Å². The van der Waals surface area contributed by atoms with Crippen molar-refractivity contribution in [1.29, 1.82) is 0 Å². The summed E-state index contributed by atoms with van der Waals surface area (Å²) in [5.74, 6) is -1.25. The van der Waals surface area contributed by atoms with E-state index in [1.165, 1.54) is 16.2 Å². The first-order chi connectivity index (χ1) is 9.11. The van der Waals surface area contributed by atoms with Crippen molar-refractivity contribution in [2.45, 2.75) is 11.7 Å². The van der Waals surface area contributed by atoms with Crippen LogP contribution in [-0.2, 0) is 9.59 Å². The Labute approximate surface area is 117 Å². The predicted molar refractivity (Wildman–Crippen MR) is 74.8 cm³/mol. The molecule has 2 rings (SSSR count). The average molecular weight is 297 g/mol. The Morgan fingerprint density at radius 1 is 1.68 bits per heavy atom. The van der Waals surface area contributed by atoms with Gasteiger partial charge >= 0.3 is 5.97 Å². The van der Waals surface area contributed by atoms with Gasteiger partial charge in [0, 0.05) is 18.1 Å². The molecule has 1 saturated heterocycles. The molecule has 0 unspecified atom stereocenters. The van der Waals surface area contributed by atoms with E-state index in [1.807, 2.05) is 0 Å². The number of carboxylic acid groups (broad SMARTS) is 1. The molecule has 0 spiro atoms. The Bertz CT molecular complexity index is 527. The van der Waals surface area contributed by atoms with Gasteiger partial charge < -0.3 is 5.11 Å². The van der Waals surface area contributed by atoms with Crippen LogP contribution >= 0.6 is 23.1 Å². The molecule has 0 aliphatic carbocycles. The highest BCUT2D eigenvalue weighted by Crippen LogP contribution is 2.31. The van der Waals surface area contributed by atoms with Crippen molar-refractivity contribution in [3.63, 3.8) is 0 Å². The van der Waals surface area contributed by atoms with Gasteiger partial charge in [-0.25, -0.2) is 4.98 Å². The maximum atomic E-state index is 12.1. The number of carbonyl (C=O) groups is 2. The largest absolute Gasteiger partial charge is 0.481 e. The summed E-state index contributed by atoms with van der Waals surface area (Å²) in [5.41, 5.74) is 0. The third-order valence-corrected chi connectivity index (χ3v) is 4.14. The molecule has 2 heterocycles. The molecular formula is C11H11N3O3S2. The van der Waals surface area contributed by atoms with Gasteiger partial charge in [0.2, 0.25) is 11.0 Å². The van der Waals surface area contributed by atoms with Crippen molar-refractivity contribution in [2.24, 2.45) is 4.99 Å². The number of aliphatic carboxylic acids is 1. The molecule has 1 amide bonds. The second-order valence-corrected chi connectivity index (χ2v) is 5.69. The van der Waals surface area contributed by atoms with Crippen LogP contribution in [-0.4, -0.2) is 43.8 Å². The molecule has 19 heavy (non-hydrogen) atoms. The summed E-state index contributed by atoms with van der Waals surface area (Å²) in [7, 11) is 0. The molecule has 0 saturated carbocycles. The number of amides is 1. The number of rotatable bonds is 5. The van der Waals surface area contributed by atoms with E-state index >= 15 is 0 Å². The number of carboxylic acids is 1. The highest BCUT2D eigenvalue weighted by atomic mass is 32.2. The summed E-state index contributed by atoms with van der Waals surface area (Å²) in [5, 5.41) is 11.0. The molecule has 1 atom stereocenters. The van der Waals surface area contributed by atoms with Gasteiger partial charge in [0.25, 0.3) is 0 Å². The number of hydrogen-bond donors (Lipinski definition) is 1. The lowest BCUT2D eigenvalue weighted by Crippen LogP contribution is -2.32. The van der Waals surface area contributed by atoms with Gasteiger partial charge in [0.05, 0.1) is 6.42 Å². The topological polar surface area (TPSA) is 82.9 Å². The minimum absolute atomic E-state index is 0.214. The second-order valence-electron chi connectivity index (χ2n) is 3.65. The molecule has 0 bridgehead atoms. The molecule has 6 nitrogen and oxygen atoms in total. The molecule has 1 aliphatic rings. The zero-order valence-corrected chi connectivity index (χ0v) is 11.5. The molecule has 100 valence electrons. The Morgan fingerprint density at radius 3 is 3.05 bits per heavy atom. The molecule has 1 aliphatic heterocycles. The second kappa shape index (κ2) is 5.98. The summed E-state index contributed by atoms with van der Waals surface area (Å²) in [4.78, 5) is 32.5. The summed E-state index contributed by atoms with van der Waals surface area (Å²) in [6.07, 6.45) is 2.99. The maximum absolute atomic E-state index is 12.1. The molecule has 1 aromatic rings. The van der Waals surface area contributed by atoms with Gasteiger partial charge in [-0.15, -0.1) is 17.9 Å². The van der Waals surface area contributed by atoms with Gasteiger partial charge in [-0.2, -0.15) is 4.99 Å². The number of thiazole rings is 1. The maximum Gasteiger partial charge on any atom is 0.305 e. The van der Waals surface area contributed by atoms with Crippen LogP contribution in [0.1, 0.15) is 6.42 Å². The lowest BCUT2D eigenvalue weighted by Gasteiger charge is -2.12. The lowest BCUT2D eigenvalue weighted by atomic mass is 10.3. The standard InChI is InChI=1S/C11H11N3O3S2/c1-2-4-14-9(17)7(6-8(15)16)19-11(14)13-10-12-3-5-18-10/h2-3,5,7H,1,4,6H2,(H,15,16)/t7-/m0/s1. The minimum Gasteiger partial charge on any atom is -0.481 e. The van der Waals surface area contributed by atoms with Crippen LogP contribution in [0.5, 0.6) is 0 Å². The molecular weight excluding hydrogens is 286 g/mol. The first-order valence-corrected chi connectivity index (χ1v) is 7.16. The number of aromatic nitrogens is 1. The monoisotopic (exact) mass is 297 g/mol. The van der Waals surface area contributed by atoms with Gasteiger partial charge in [-0.1, -0.05) is 17.8 Å². The van der Waals surface area contributed by atoms with E-state index in [-0.39, 0.29) is 12.3 Å². The van der Waals surface area contributed by atoms with Crippen LogP contribution in [0.2, 0.25) is 0 Å². The zero-order chi connectivity index (χ0) is 13.8. The number of nitrogens with zero attached hydrogens (tertiary/aromatic N) is 3. The van der Waals surface area contributed by atoms with E-state index in [4.69, 9.17) is 5.11 Å². The van der Waals surface area contributed by atoms with Gasteiger partial charge in [-0.3, -0.25) is 14.5 Å². The molecule has 1 N–H and O–H groups in total. The number of amidine groups is 1. The number of aliphatic imine (C=N–C) groups is 1. The quantitative estimate of drug-likeness (QED) is 0.837. The van der Waals surface area contributed by atoms with Crippen LogP contribution in [0.4, 0.5) is 5.13 Å². The Kier molecular flexibility index (Phi) is 4.33. The predicted octanol–water partition coefficient (Wildman–Crippen LogP) is 1.74. The SMILES string of the molecule is C=CCN1C(=O)[C@H](CC(=O)O)SC1=Nc1nccs1. The summed E-state index contributed by atoms with van der Waals surface area (Å²) < 4.78 is 0. The zero-order valence-electron chi connectivity index (χ0n) is 9.85. The first kappa shape index (κ1) is 13.8. The van der Waals surface area contributed by atoms with Gasteiger partial charge in [0.15, 0.2) is 5.17 Å². The van der Waals surface area contributed by atoms with Crippen molar-refractivity contribution in [3.8, 4) is 0 Å². The lowest BCUT2D eigenvalue weighted by molar-refractivity contribution is -0.139. The van der Waals surface area contributed by atoms with Crippen molar-refractivity contribution in [1.82, 2.24) is 9.88 Å². The number of carbonyl (C=O) groups excluding carboxylic acids is 1. The van der Waals surface area contributed by atoms with Crippen LogP contribution in [0.3, 0.4) is 0 Å². The third kappa shape index (κ3) is 3.21.